The Labute approximate surface area is 163 Å². The van der Waals surface area contributed by atoms with E-state index in [1.165, 1.54) is 43.9 Å². The molecule has 0 saturated heterocycles. The molecular weight excluding hydrogens is 393 g/mol. The van der Waals surface area contributed by atoms with Crippen LogP contribution in [0.3, 0.4) is 0 Å². The summed E-state index contributed by atoms with van der Waals surface area (Å²) < 4.78 is 55.6. The number of amides is 1. The summed E-state index contributed by atoms with van der Waals surface area (Å²) in [7, 11) is 4.26. The van der Waals surface area contributed by atoms with Gasteiger partial charge < -0.3 is 19.5 Å². The van der Waals surface area contributed by atoms with Crippen LogP contribution in [-0.4, -0.2) is 41.8 Å². The van der Waals surface area contributed by atoms with Crippen molar-refractivity contribution in [3.8, 4) is 17.2 Å². The zero-order chi connectivity index (χ0) is 21.2. The molecule has 0 fully saturated rings. The van der Waals surface area contributed by atoms with Crippen LogP contribution in [0.1, 0.15) is 21.7 Å². The Bertz CT molecular complexity index is 1050. The number of pyridine rings is 1. The Morgan fingerprint density at radius 2 is 1.69 bits per heavy atom. The number of hydrogen-bond donors (Lipinski definition) is 1. The van der Waals surface area contributed by atoms with Gasteiger partial charge in [-0.25, -0.2) is 0 Å². The average molecular weight is 410 g/mol. The maximum Gasteiger partial charge on any atom is 0.417 e. The molecule has 1 N–H and O–H groups in total. The Balaban J connectivity index is 1.86. The SMILES string of the molecule is COc1cc(OC)c(C(=O)NCc2nnc3ccc(C(F)(F)F)cn23)cc1OC. The van der Waals surface area contributed by atoms with Crippen LogP contribution >= 0.6 is 0 Å². The van der Waals surface area contributed by atoms with Crippen LogP contribution in [0.15, 0.2) is 30.5 Å². The molecular formula is C18H17F3N4O4. The lowest BCUT2D eigenvalue weighted by Gasteiger charge is -2.14. The van der Waals surface area contributed by atoms with E-state index in [1.807, 2.05) is 0 Å². The van der Waals surface area contributed by atoms with Crippen molar-refractivity contribution >= 4 is 11.6 Å². The highest BCUT2D eigenvalue weighted by atomic mass is 19.4. The molecule has 11 heteroatoms. The number of halogens is 3. The summed E-state index contributed by atoms with van der Waals surface area (Å²) in [5.41, 5.74) is -0.458. The van der Waals surface area contributed by atoms with Gasteiger partial charge in [0.25, 0.3) is 5.91 Å². The van der Waals surface area contributed by atoms with Crippen molar-refractivity contribution in [1.29, 1.82) is 0 Å². The fourth-order valence-corrected chi connectivity index (χ4v) is 2.69. The van der Waals surface area contributed by atoms with Crippen molar-refractivity contribution < 1.29 is 32.2 Å². The molecule has 1 amide bonds. The predicted octanol–water partition coefficient (Wildman–Crippen LogP) is 2.70. The second-order valence-electron chi connectivity index (χ2n) is 5.85. The highest BCUT2D eigenvalue weighted by Gasteiger charge is 2.31. The molecule has 3 rings (SSSR count). The predicted molar refractivity (Wildman–Crippen MR) is 95.3 cm³/mol. The molecule has 3 aromatic rings. The summed E-state index contributed by atoms with van der Waals surface area (Å²) in [6, 6.07) is 5.06. The summed E-state index contributed by atoms with van der Waals surface area (Å²) in [4.78, 5) is 12.6. The summed E-state index contributed by atoms with van der Waals surface area (Å²) >= 11 is 0. The number of ether oxygens (including phenoxy) is 3. The van der Waals surface area contributed by atoms with Gasteiger partial charge in [-0.3, -0.25) is 9.20 Å². The maximum atomic E-state index is 12.9. The number of benzene rings is 1. The minimum atomic E-state index is -4.51. The van der Waals surface area contributed by atoms with E-state index in [-0.39, 0.29) is 29.3 Å². The van der Waals surface area contributed by atoms with Gasteiger partial charge >= 0.3 is 6.18 Å². The summed E-state index contributed by atoms with van der Waals surface area (Å²) in [5.74, 6) is 0.543. The number of rotatable bonds is 6. The van der Waals surface area contributed by atoms with Crippen molar-refractivity contribution in [1.82, 2.24) is 19.9 Å². The van der Waals surface area contributed by atoms with Gasteiger partial charge in [0.15, 0.2) is 23.0 Å². The van der Waals surface area contributed by atoms with E-state index in [1.54, 1.807) is 0 Å². The van der Waals surface area contributed by atoms with Crippen molar-refractivity contribution in [2.24, 2.45) is 0 Å². The van der Waals surface area contributed by atoms with Crippen molar-refractivity contribution in [3.63, 3.8) is 0 Å². The van der Waals surface area contributed by atoms with Crippen LogP contribution < -0.4 is 19.5 Å². The Morgan fingerprint density at radius 1 is 1.03 bits per heavy atom. The highest BCUT2D eigenvalue weighted by Crippen LogP contribution is 2.34. The molecule has 0 saturated carbocycles. The molecule has 8 nitrogen and oxygen atoms in total. The topological polar surface area (TPSA) is 87.0 Å². The van der Waals surface area contributed by atoms with Gasteiger partial charge in [0.1, 0.15) is 5.75 Å². The molecule has 29 heavy (non-hydrogen) atoms. The highest BCUT2D eigenvalue weighted by molar-refractivity contribution is 5.97. The maximum absolute atomic E-state index is 12.9. The quantitative estimate of drug-likeness (QED) is 0.673. The fraction of sp³-hybridized carbons (Fsp3) is 0.278. The van der Waals surface area contributed by atoms with Crippen molar-refractivity contribution in [2.45, 2.75) is 12.7 Å². The number of alkyl halides is 3. The first-order valence-corrected chi connectivity index (χ1v) is 8.27. The molecule has 0 spiro atoms. The van der Waals surface area contributed by atoms with E-state index in [2.05, 4.69) is 15.5 Å². The van der Waals surface area contributed by atoms with Crippen LogP contribution in [-0.2, 0) is 12.7 Å². The van der Waals surface area contributed by atoms with Crippen molar-refractivity contribution in [3.05, 3.63) is 47.4 Å². The average Bonchev–Trinajstić information content (AvgIpc) is 3.12. The zero-order valence-corrected chi connectivity index (χ0v) is 15.7. The third-order valence-electron chi connectivity index (χ3n) is 4.16. The minimum absolute atomic E-state index is 0.138. The summed E-state index contributed by atoms with van der Waals surface area (Å²) in [6.07, 6.45) is -3.63. The molecule has 2 heterocycles. The standard InChI is InChI=1S/C18H17F3N4O4/c1-27-12-7-14(29-3)13(28-2)6-11(12)17(26)22-8-16-24-23-15-5-4-10(9-25(15)16)18(19,20)21/h4-7,9H,8H2,1-3H3,(H,22,26). The van der Waals surface area contributed by atoms with Gasteiger partial charge in [0, 0.05) is 18.3 Å². The number of carbonyl (C=O) groups excluding carboxylic acids is 1. The second kappa shape index (κ2) is 7.86. The zero-order valence-electron chi connectivity index (χ0n) is 15.7. The number of methoxy groups -OCH3 is 3. The van der Waals surface area contributed by atoms with E-state index in [4.69, 9.17) is 14.2 Å². The Kier molecular flexibility index (Phi) is 5.48. The number of aromatic nitrogens is 3. The van der Waals surface area contributed by atoms with Crippen LogP contribution in [0.25, 0.3) is 5.65 Å². The molecule has 2 aromatic heterocycles. The van der Waals surface area contributed by atoms with E-state index >= 15 is 0 Å². The molecule has 0 radical (unpaired) electrons. The Hall–Kier alpha value is -3.50. The normalized spacial score (nSPS) is 11.4. The molecule has 0 aliphatic rings. The minimum Gasteiger partial charge on any atom is -0.496 e. The molecule has 0 aliphatic heterocycles. The Morgan fingerprint density at radius 3 is 2.31 bits per heavy atom. The monoisotopic (exact) mass is 410 g/mol. The van der Waals surface area contributed by atoms with E-state index in [9.17, 15) is 18.0 Å². The number of nitrogens with one attached hydrogen (secondary N) is 1. The second-order valence-corrected chi connectivity index (χ2v) is 5.85. The van der Waals surface area contributed by atoms with Gasteiger partial charge in [-0.15, -0.1) is 10.2 Å². The first-order valence-electron chi connectivity index (χ1n) is 8.27. The van der Waals surface area contributed by atoms with Crippen LogP contribution in [0.5, 0.6) is 17.2 Å². The lowest BCUT2D eigenvalue weighted by atomic mass is 10.1. The lowest BCUT2D eigenvalue weighted by Crippen LogP contribution is -2.24. The van der Waals surface area contributed by atoms with Crippen LogP contribution in [0.4, 0.5) is 13.2 Å². The van der Waals surface area contributed by atoms with E-state index < -0.39 is 17.6 Å². The number of fused-ring (bicyclic) bond motifs is 1. The fourth-order valence-electron chi connectivity index (χ4n) is 2.69. The molecule has 0 atom stereocenters. The molecule has 154 valence electrons. The summed E-state index contributed by atoms with van der Waals surface area (Å²) in [5, 5.41) is 10.2. The number of carbonyl (C=O) groups is 1. The van der Waals surface area contributed by atoms with Gasteiger partial charge in [-0.2, -0.15) is 13.2 Å². The first kappa shape index (κ1) is 20.2. The molecule has 0 aliphatic carbocycles. The van der Waals surface area contributed by atoms with E-state index in [0.29, 0.717) is 11.5 Å². The van der Waals surface area contributed by atoms with Gasteiger partial charge in [-0.1, -0.05) is 0 Å². The van der Waals surface area contributed by atoms with Gasteiger partial charge in [0.2, 0.25) is 0 Å². The third-order valence-corrected chi connectivity index (χ3v) is 4.16. The van der Waals surface area contributed by atoms with Crippen molar-refractivity contribution in [2.75, 3.05) is 21.3 Å². The van der Waals surface area contributed by atoms with Crippen LogP contribution in [0.2, 0.25) is 0 Å². The van der Waals surface area contributed by atoms with Gasteiger partial charge in [-0.05, 0) is 12.1 Å². The molecule has 1 aromatic carbocycles. The van der Waals surface area contributed by atoms with Crippen LogP contribution in [0, 0.1) is 0 Å². The lowest BCUT2D eigenvalue weighted by molar-refractivity contribution is -0.137. The summed E-state index contributed by atoms with van der Waals surface area (Å²) in [6.45, 7) is -0.154. The molecule has 0 unspecified atom stereocenters. The largest absolute Gasteiger partial charge is 0.496 e. The number of hydrogen-bond acceptors (Lipinski definition) is 6. The number of nitrogens with zero attached hydrogens (tertiary/aromatic N) is 3. The first-order chi connectivity index (χ1) is 13.8. The smallest absolute Gasteiger partial charge is 0.417 e. The van der Waals surface area contributed by atoms with E-state index in [0.717, 1.165) is 12.3 Å². The molecule has 0 bridgehead atoms. The third kappa shape index (κ3) is 4.03. The van der Waals surface area contributed by atoms with Gasteiger partial charge in [0.05, 0.1) is 39.0 Å².